The monoisotopic (exact) mass is 418 g/mol. The van der Waals surface area contributed by atoms with Crippen LogP contribution in [0.15, 0.2) is 24.3 Å². The van der Waals surface area contributed by atoms with E-state index >= 15 is 0 Å². The number of para-hydroxylation sites is 1. The summed E-state index contributed by atoms with van der Waals surface area (Å²) in [4.78, 5) is 22.0. The molecule has 2 aliphatic rings. The number of hydrogen-bond acceptors (Lipinski definition) is 5. The average Bonchev–Trinajstić information content (AvgIpc) is 3.35. The quantitative estimate of drug-likeness (QED) is 0.824. The van der Waals surface area contributed by atoms with Crippen molar-refractivity contribution in [3.63, 3.8) is 0 Å². The molecule has 29 heavy (non-hydrogen) atoms. The lowest BCUT2D eigenvalue weighted by Crippen LogP contribution is -2.49. The van der Waals surface area contributed by atoms with Gasteiger partial charge in [0.15, 0.2) is 0 Å². The minimum atomic E-state index is -0.0542. The summed E-state index contributed by atoms with van der Waals surface area (Å²) >= 11 is 0. The highest BCUT2D eigenvalue weighted by Gasteiger charge is 2.33. The lowest BCUT2D eigenvalue weighted by Gasteiger charge is -2.32. The van der Waals surface area contributed by atoms with Crippen LogP contribution in [0, 0.1) is 6.92 Å². The average molecular weight is 419 g/mol. The number of nitrogens with zero attached hydrogens (tertiary/aromatic N) is 5. The second kappa shape index (κ2) is 9.24. The Hall–Kier alpha value is -1.96. The van der Waals surface area contributed by atoms with Gasteiger partial charge in [-0.25, -0.2) is 9.67 Å². The molecule has 1 aromatic heterocycles. The molecule has 0 radical (unpaired) electrons. The Bertz CT molecular complexity index is 845. The van der Waals surface area contributed by atoms with Gasteiger partial charge in [-0.1, -0.05) is 32.0 Å². The molecule has 0 saturated carbocycles. The van der Waals surface area contributed by atoms with Crippen LogP contribution < -0.4 is 5.32 Å². The molecule has 2 saturated heterocycles. The topological polar surface area (TPSA) is 66.3 Å². The van der Waals surface area contributed by atoms with Gasteiger partial charge in [-0.15, -0.1) is 17.5 Å². The number of aromatic nitrogens is 3. The molecule has 3 heterocycles. The Kier molecular flexibility index (Phi) is 6.93. The van der Waals surface area contributed by atoms with Gasteiger partial charge in [0.2, 0.25) is 5.82 Å². The molecule has 158 valence electrons. The Labute approximate surface area is 178 Å². The fourth-order valence-corrected chi connectivity index (χ4v) is 4.29. The maximum atomic E-state index is 13.0. The van der Waals surface area contributed by atoms with E-state index in [1.807, 2.05) is 34.7 Å². The van der Waals surface area contributed by atoms with Crippen molar-refractivity contribution in [3.05, 3.63) is 41.5 Å². The van der Waals surface area contributed by atoms with E-state index < -0.39 is 0 Å². The fraction of sp³-hybridized carbons (Fsp3) is 0.571. The molecule has 1 unspecified atom stereocenters. The number of carbonyl (C=O) groups is 1. The van der Waals surface area contributed by atoms with E-state index in [4.69, 9.17) is 0 Å². The number of amides is 1. The van der Waals surface area contributed by atoms with Gasteiger partial charge < -0.3 is 10.2 Å². The van der Waals surface area contributed by atoms with Gasteiger partial charge in [0.25, 0.3) is 5.91 Å². The van der Waals surface area contributed by atoms with Crippen LogP contribution in [0.5, 0.6) is 0 Å². The van der Waals surface area contributed by atoms with Crippen LogP contribution >= 0.6 is 12.4 Å². The summed E-state index contributed by atoms with van der Waals surface area (Å²) in [6, 6.07) is 8.65. The van der Waals surface area contributed by atoms with Gasteiger partial charge in [0, 0.05) is 45.3 Å². The summed E-state index contributed by atoms with van der Waals surface area (Å²) in [6.45, 7) is 12.0. The molecule has 0 aliphatic carbocycles. The van der Waals surface area contributed by atoms with Crippen LogP contribution in [0.25, 0.3) is 5.69 Å². The van der Waals surface area contributed by atoms with E-state index in [1.54, 1.807) is 0 Å². The molecule has 8 heteroatoms. The highest BCUT2D eigenvalue weighted by molar-refractivity contribution is 5.90. The molecule has 0 bridgehead atoms. The number of aryl methyl sites for hydroxylation is 1. The van der Waals surface area contributed by atoms with Gasteiger partial charge in [-0.05, 0) is 30.9 Å². The van der Waals surface area contributed by atoms with E-state index in [0.29, 0.717) is 17.8 Å². The van der Waals surface area contributed by atoms with Crippen LogP contribution in [0.3, 0.4) is 0 Å². The lowest BCUT2D eigenvalue weighted by atomic mass is 10.0. The maximum Gasteiger partial charge on any atom is 0.293 e. The molecular weight excluding hydrogens is 388 g/mol. The maximum absolute atomic E-state index is 13.0. The minimum Gasteiger partial charge on any atom is -0.334 e. The van der Waals surface area contributed by atoms with Crippen molar-refractivity contribution >= 4 is 18.3 Å². The van der Waals surface area contributed by atoms with Crippen molar-refractivity contribution in [2.75, 3.05) is 39.3 Å². The molecule has 2 fully saturated rings. The molecule has 2 aliphatic heterocycles. The third-order valence-electron chi connectivity index (χ3n) is 5.87. The smallest absolute Gasteiger partial charge is 0.293 e. The van der Waals surface area contributed by atoms with Crippen molar-refractivity contribution < 1.29 is 4.79 Å². The van der Waals surface area contributed by atoms with E-state index in [9.17, 15) is 4.79 Å². The third kappa shape index (κ3) is 4.47. The number of halogens is 1. The van der Waals surface area contributed by atoms with Gasteiger partial charge in [0.05, 0.1) is 5.69 Å². The van der Waals surface area contributed by atoms with Crippen LogP contribution in [-0.4, -0.2) is 75.8 Å². The summed E-state index contributed by atoms with van der Waals surface area (Å²) in [6.07, 6.45) is 1.03. The van der Waals surface area contributed by atoms with Crippen molar-refractivity contribution in [2.24, 2.45) is 0 Å². The summed E-state index contributed by atoms with van der Waals surface area (Å²) in [5.41, 5.74) is 2.20. The summed E-state index contributed by atoms with van der Waals surface area (Å²) < 4.78 is 1.81. The second-order valence-electron chi connectivity index (χ2n) is 8.09. The zero-order chi connectivity index (χ0) is 19.7. The number of rotatable bonds is 4. The molecule has 0 spiro atoms. The van der Waals surface area contributed by atoms with Gasteiger partial charge >= 0.3 is 0 Å². The number of nitrogens with one attached hydrogen (secondary N) is 1. The summed E-state index contributed by atoms with van der Waals surface area (Å²) in [5.74, 6) is 1.37. The van der Waals surface area contributed by atoms with E-state index in [1.165, 1.54) is 5.56 Å². The zero-order valence-corrected chi connectivity index (χ0v) is 18.3. The Balaban J connectivity index is 0.00000240. The minimum absolute atomic E-state index is 0. The lowest BCUT2D eigenvalue weighted by molar-refractivity contribution is 0.0761. The molecule has 4 rings (SSSR count). The fourth-order valence-electron chi connectivity index (χ4n) is 4.29. The first-order valence-electron chi connectivity index (χ1n) is 10.3. The Morgan fingerprint density at radius 1 is 1.17 bits per heavy atom. The zero-order valence-electron chi connectivity index (χ0n) is 17.5. The largest absolute Gasteiger partial charge is 0.334 e. The molecule has 2 aromatic rings. The third-order valence-corrected chi connectivity index (χ3v) is 5.87. The molecule has 1 amide bonds. The normalized spacial score (nSPS) is 20.1. The molecular formula is C21H31ClN6O. The highest BCUT2D eigenvalue weighted by atomic mass is 35.5. The molecule has 1 atom stereocenters. The number of carbonyl (C=O) groups excluding carboxylic acids is 1. The van der Waals surface area contributed by atoms with Crippen molar-refractivity contribution in [2.45, 2.75) is 39.2 Å². The Morgan fingerprint density at radius 2 is 1.90 bits per heavy atom. The second-order valence-corrected chi connectivity index (χ2v) is 8.09. The van der Waals surface area contributed by atoms with E-state index in [0.717, 1.165) is 57.2 Å². The summed E-state index contributed by atoms with van der Waals surface area (Å²) in [7, 11) is 0. The number of hydrogen-bond donors (Lipinski definition) is 1. The Morgan fingerprint density at radius 3 is 2.62 bits per heavy atom. The number of benzene rings is 1. The van der Waals surface area contributed by atoms with Gasteiger partial charge in [0.1, 0.15) is 5.82 Å². The first-order valence-corrected chi connectivity index (χ1v) is 10.3. The van der Waals surface area contributed by atoms with Crippen molar-refractivity contribution in [1.29, 1.82) is 0 Å². The SMILES string of the molecule is Cc1nc(C(=O)N2CCC(N3CCNCC3)C2)nn1-c1ccccc1C(C)C.Cl. The first-order chi connectivity index (χ1) is 13.5. The van der Waals surface area contributed by atoms with Crippen LogP contribution in [-0.2, 0) is 0 Å². The van der Waals surface area contributed by atoms with Crippen LogP contribution in [0.4, 0.5) is 0 Å². The molecule has 1 N–H and O–H groups in total. The molecule has 7 nitrogen and oxygen atoms in total. The van der Waals surface area contributed by atoms with Crippen LogP contribution in [0.1, 0.15) is 48.2 Å². The van der Waals surface area contributed by atoms with Crippen molar-refractivity contribution in [3.8, 4) is 5.69 Å². The van der Waals surface area contributed by atoms with E-state index in [-0.39, 0.29) is 18.3 Å². The first kappa shape index (κ1) is 21.7. The highest BCUT2D eigenvalue weighted by Crippen LogP contribution is 2.24. The standard InChI is InChI=1S/C21H30N6O.ClH/c1-15(2)18-6-4-5-7-19(18)27-16(3)23-20(24-27)21(28)26-11-8-17(14-26)25-12-9-22-10-13-25;/h4-7,15,17,22H,8-14H2,1-3H3;1H. The number of piperazine rings is 1. The predicted octanol–water partition coefficient (Wildman–Crippen LogP) is 2.24. The molecule has 1 aromatic carbocycles. The summed E-state index contributed by atoms with van der Waals surface area (Å²) in [5, 5.41) is 7.99. The number of likely N-dealkylation sites (tertiary alicyclic amines) is 1. The van der Waals surface area contributed by atoms with Gasteiger partial charge in [-0.2, -0.15) is 0 Å². The van der Waals surface area contributed by atoms with Crippen LogP contribution in [0.2, 0.25) is 0 Å². The van der Waals surface area contributed by atoms with E-state index in [2.05, 4.69) is 40.2 Å². The predicted molar refractivity (Wildman–Crippen MR) is 116 cm³/mol. The van der Waals surface area contributed by atoms with Crippen molar-refractivity contribution in [1.82, 2.24) is 29.9 Å². The van der Waals surface area contributed by atoms with Gasteiger partial charge in [-0.3, -0.25) is 9.69 Å².